The molecule has 0 aliphatic rings. The second kappa shape index (κ2) is 7.84. The average Bonchev–Trinajstić information content (AvgIpc) is 3.17. The van der Waals surface area contributed by atoms with E-state index in [9.17, 15) is 14.9 Å². The molecule has 0 saturated heterocycles. The van der Waals surface area contributed by atoms with Crippen molar-refractivity contribution in [3.05, 3.63) is 81.4 Å². The Hall–Kier alpha value is -3.91. The van der Waals surface area contributed by atoms with Gasteiger partial charge < -0.3 is 14.5 Å². The Balaban J connectivity index is 1.62. The number of nitrogens with one attached hydrogen (secondary N) is 1. The number of nitro groups is 1. The van der Waals surface area contributed by atoms with Gasteiger partial charge in [-0.25, -0.2) is 4.98 Å². The zero-order valence-corrected chi connectivity index (χ0v) is 16.3. The molecule has 1 aromatic heterocycles. The van der Waals surface area contributed by atoms with Gasteiger partial charge in [0.25, 0.3) is 11.6 Å². The Bertz CT molecular complexity index is 1280. The molecule has 9 heteroatoms. The van der Waals surface area contributed by atoms with Crippen LogP contribution in [0.2, 0.25) is 5.02 Å². The molecule has 0 aliphatic carbocycles. The summed E-state index contributed by atoms with van der Waals surface area (Å²) in [6.45, 7) is 0. The van der Waals surface area contributed by atoms with Gasteiger partial charge in [-0.15, -0.1) is 0 Å². The Morgan fingerprint density at radius 2 is 2.00 bits per heavy atom. The molecule has 3 aromatic carbocycles. The number of nitrogens with zero attached hydrogens (tertiary/aromatic N) is 2. The van der Waals surface area contributed by atoms with Crippen LogP contribution < -0.4 is 10.1 Å². The monoisotopic (exact) mass is 423 g/mol. The van der Waals surface area contributed by atoms with Crippen molar-refractivity contribution >= 4 is 40.0 Å². The Labute approximate surface area is 175 Å². The maximum absolute atomic E-state index is 12.6. The number of carbonyl (C=O) groups is 1. The SMILES string of the molecule is COc1cccc(-c2nc3cc(NC(=O)c4cc([N+](=O)[O-])ccc4Cl)ccc3o2)c1. The predicted octanol–water partition coefficient (Wildman–Crippen LogP) is 5.32. The molecule has 1 amide bonds. The highest BCUT2D eigenvalue weighted by Gasteiger charge is 2.17. The summed E-state index contributed by atoms with van der Waals surface area (Å²) in [6, 6.07) is 16.0. The number of non-ortho nitro benzene ring substituents is 1. The van der Waals surface area contributed by atoms with Crippen molar-refractivity contribution in [1.82, 2.24) is 4.98 Å². The molecule has 0 fully saturated rings. The summed E-state index contributed by atoms with van der Waals surface area (Å²) in [7, 11) is 1.58. The molecule has 0 atom stereocenters. The lowest BCUT2D eigenvalue weighted by Gasteiger charge is -2.06. The van der Waals surface area contributed by atoms with Crippen LogP contribution in [0.1, 0.15) is 10.4 Å². The van der Waals surface area contributed by atoms with E-state index in [4.69, 9.17) is 20.8 Å². The number of anilines is 1. The number of halogens is 1. The minimum atomic E-state index is -0.589. The second-order valence-electron chi connectivity index (χ2n) is 6.31. The fraction of sp³-hybridized carbons (Fsp3) is 0.0476. The number of nitro benzene ring substituents is 1. The molecule has 0 radical (unpaired) electrons. The van der Waals surface area contributed by atoms with Gasteiger partial charge >= 0.3 is 0 Å². The number of hydrogen-bond donors (Lipinski definition) is 1. The fourth-order valence-corrected chi connectivity index (χ4v) is 3.09. The first-order valence-electron chi connectivity index (χ1n) is 8.75. The lowest BCUT2D eigenvalue weighted by atomic mass is 10.2. The van der Waals surface area contributed by atoms with Crippen molar-refractivity contribution in [3.63, 3.8) is 0 Å². The summed E-state index contributed by atoms with van der Waals surface area (Å²) in [5.41, 5.74) is 2.05. The van der Waals surface area contributed by atoms with E-state index in [-0.39, 0.29) is 16.3 Å². The van der Waals surface area contributed by atoms with Crippen LogP contribution in [0.4, 0.5) is 11.4 Å². The zero-order valence-electron chi connectivity index (χ0n) is 15.6. The third-order valence-corrected chi connectivity index (χ3v) is 4.70. The number of hydrogen-bond acceptors (Lipinski definition) is 6. The largest absolute Gasteiger partial charge is 0.497 e. The van der Waals surface area contributed by atoms with Crippen molar-refractivity contribution in [2.75, 3.05) is 12.4 Å². The third-order valence-electron chi connectivity index (χ3n) is 4.37. The highest BCUT2D eigenvalue weighted by Crippen LogP contribution is 2.29. The number of rotatable bonds is 5. The summed E-state index contributed by atoms with van der Waals surface area (Å²) < 4.78 is 11.0. The molecular formula is C21H14ClN3O5. The first kappa shape index (κ1) is 19.4. The van der Waals surface area contributed by atoms with E-state index in [1.165, 1.54) is 12.1 Å². The second-order valence-corrected chi connectivity index (χ2v) is 6.72. The van der Waals surface area contributed by atoms with Crippen LogP contribution in [0.3, 0.4) is 0 Å². The first-order chi connectivity index (χ1) is 14.4. The highest BCUT2D eigenvalue weighted by atomic mass is 35.5. The summed E-state index contributed by atoms with van der Waals surface area (Å²) in [5, 5.41) is 13.7. The Morgan fingerprint density at radius 3 is 2.77 bits per heavy atom. The van der Waals surface area contributed by atoms with Crippen LogP contribution in [0, 0.1) is 10.1 Å². The van der Waals surface area contributed by atoms with E-state index in [1.807, 2.05) is 18.2 Å². The van der Waals surface area contributed by atoms with Crippen molar-refractivity contribution in [2.45, 2.75) is 0 Å². The third kappa shape index (κ3) is 3.81. The van der Waals surface area contributed by atoms with Crippen LogP contribution in [0.15, 0.2) is 65.1 Å². The number of amides is 1. The molecule has 30 heavy (non-hydrogen) atoms. The lowest BCUT2D eigenvalue weighted by Crippen LogP contribution is -2.12. The average molecular weight is 424 g/mol. The van der Waals surface area contributed by atoms with Gasteiger partial charge in [-0.05, 0) is 42.5 Å². The maximum atomic E-state index is 12.6. The van der Waals surface area contributed by atoms with Gasteiger partial charge in [0.1, 0.15) is 11.3 Å². The van der Waals surface area contributed by atoms with Crippen molar-refractivity contribution in [1.29, 1.82) is 0 Å². The number of ether oxygens (including phenoxy) is 1. The summed E-state index contributed by atoms with van der Waals surface area (Å²) >= 11 is 6.03. The van der Waals surface area contributed by atoms with Crippen molar-refractivity contribution < 1.29 is 18.9 Å². The normalized spacial score (nSPS) is 10.7. The van der Waals surface area contributed by atoms with Crippen molar-refractivity contribution in [2.24, 2.45) is 0 Å². The lowest BCUT2D eigenvalue weighted by molar-refractivity contribution is -0.384. The zero-order chi connectivity index (χ0) is 21.3. The van der Waals surface area contributed by atoms with E-state index in [1.54, 1.807) is 31.4 Å². The number of aromatic nitrogens is 1. The van der Waals surface area contributed by atoms with Gasteiger partial charge in [0.05, 0.1) is 22.6 Å². The minimum absolute atomic E-state index is 0.00295. The minimum Gasteiger partial charge on any atom is -0.497 e. The van der Waals surface area contributed by atoms with Gasteiger partial charge in [0.15, 0.2) is 5.58 Å². The molecule has 150 valence electrons. The van der Waals surface area contributed by atoms with Crippen LogP contribution >= 0.6 is 11.6 Å². The quantitative estimate of drug-likeness (QED) is 0.344. The fourth-order valence-electron chi connectivity index (χ4n) is 2.88. The molecule has 0 spiro atoms. The standard InChI is InChI=1S/C21H14ClN3O5/c1-29-15-4-2-3-12(9-15)21-24-18-10-13(5-8-19(18)30-21)23-20(26)16-11-14(25(27)28)6-7-17(16)22/h2-11H,1H3,(H,23,26). The predicted molar refractivity (Wildman–Crippen MR) is 112 cm³/mol. The van der Waals surface area contributed by atoms with Crippen LogP contribution in [-0.2, 0) is 0 Å². The van der Waals surface area contributed by atoms with E-state index < -0.39 is 10.8 Å². The van der Waals surface area contributed by atoms with Gasteiger partial charge in [-0.2, -0.15) is 0 Å². The first-order valence-corrected chi connectivity index (χ1v) is 9.13. The molecule has 0 saturated carbocycles. The molecular weight excluding hydrogens is 410 g/mol. The van der Waals surface area contributed by atoms with Crippen LogP contribution in [0.25, 0.3) is 22.6 Å². The number of benzene rings is 3. The van der Waals surface area contributed by atoms with Crippen LogP contribution in [-0.4, -0.2) is 22.9 Å². The number of methoxy groups -OCH3 is 1. The van der Waals surface area contributed by atoms with Gasteiger partial charge in [0, 0.05) is 23.4 Å². The molecule has 1 N–H and O–H groups in total. The Morgan fingerprint density at radius 1 is 1.17 bits per heavy atom. The van der Waals surface area contributed by atoms with Crippen molar-refractivity contribution in [3.8, 4) is 17.2 Å². The summed E-state index contributed by atoms with van der Waals surface area (Å²) in [4.78, 5) is 27.4. The molecule has 0 aliphatic heterocycles. The topological polar surface area (TPSA) is 108 Å². The van der Waals surface area contributed by atoms with Gasteiger partial charge in [-0.3, -0.25) is 14.9 Å². The molecule has 0 unspecified atom stereocenters. The van der Waals surface area contributed by atoms with E-state index in [0.717, 1.165) is 11.6 Å². The Kier molecular flexibility index (Phi) is 5.07. The summed E-state index contributed by atoms with van der Waals surface area (Å²) in [5.74, 6) is 0.519. The molecule has 4 aromatic rings. The number of oxazole rings is 1. The van der Waals surface area contributed by atoms with E-state index in [2.05, 4.69) is 10.3 Å². The number of fused-ring (bicyclic) bond motifs is 1. The van der Waals surface area contributed by atoms with E-state index in [0.29, 0.717) is 28.4 Å². The van der Waals surface area contributed by atoms with E-state index >= 15 is 0 Å². The van der Waals surface area contributed by atoms with Gasteiger partial charge in [-0.1, -0.05) is 17.7 Å². The smallest absolute Gasteiger partial charge is 0.270 e. The molecule has 4 rings (SSSR count). The summed E-state index contributed by atoms with van der Waals surface area (Å²) in [6.07, 6.45) is 0. The highest BCUT2D eigenvalue weighted by molar-refractivity contribution is 6.34. The molecule has 1 heterocycles. The van der Waals surface area contributed by atoms with Crippen LogP contribution in [0.5, 0.6) is 5.75 Å². The van der Waals surface area contributed by atoms with Gasteiger partial charge in [0.2, 0.25) is 5.89 Å². The molecule has 0 bridgehead atoms. The maximum Gasteiger partial charge on any atom is 0.270 e. The number of carbonyl (C=O) groups excluding carboxylic acids is 1. The molecule has 8 nitrogen and oxygen atoms in total.